The van der Waals surface area contributed by atoms with Crippen LogP contribution in [0.2, 0.25) is 0 Å². The third kappa shape index (κ3) is 2.98. The van der Waals surface area contributed by atoms with Crippen LogP contribution in [0.25, 0.3) is 0 Å². The maximum absolute atomic E-state index is 12.0. The third-order valence-corrected chi connectivity index (χ3v) is 3.07. The van der Waals surface area contributed by atoms with Crippen LogP contribution in [0.4, 0.5) is 5.69 Å². The first-order valence-corrected chi connectivity index (χ1v) is 6.43. The molecule has 2 rings (SSSR count). The minimum absolute atomic E-state index is 0.0885. The Morgan fingerprint density at radius 3 is 2.61 bits per heavy atom. The average molecular weight is 308 g/mol. The number of aryl methyl sites for hydroxylation is 1. The number of nitrogens with zero attached hydrogens (tertiary/aromatic N) is 2. The zero-order valence-corrected chi connectivity index (χ0v) is 11.8. The molecule has 1 atom stereocenters. The summed E-state index contributed by atoms with van der Waals surface area (Å²) >= 11 is 3.31. The van der Waals surface area contributed by atoms with E-state index in [9.17, 15) is 4.79 Å². The van der Waals surface area contributed by atoms with E-state index in [2.05, 4.69) is 26.3 Å². The van der Waals surface area contributed by atoms with Gasteiger partial charge in [-0.1, -0.05) is 17.7 Å². The normalized spacial score (nSPS) is 12.2. The standard InChI is InChI=1S/C13H14BrN3O/c1-9-3-5-12(6-4-9)16-13(18)10(2)17-8-11(14)7-15-17/h3-8,10H,1-2H3,(H,16,18). The zero-order valence-electron chi connectivity index (χ0n) is 10.2. The Kier molecular flexibility index (Phi) is 3.81. The van der Waals surface area contributed by atoms with E-state index in [4.69, 9.17) is 0 Å². The topological polar surface area (TPSA) is 46.9 Å². The number of halogens is 1. The first-order valence-electron chi connectivity index (χ1n) is 5.63. The second kappa shape index (κ2) is 5.35. The number of rotatable bonds is 3. The van der Waals surface area contributed by atoms with Crippen LogP contribution in [0.3, 0.4) is 0 Å². The van der Waals surface area contributed by atoms with E-state index in [1.165, 1.54) is 0 Å². The number of carbonyl (C=O) groups is 1. The molecule has 0 aliphatic carbocycles. The van der Waals surface area contributed by atoms with Gasteiger partial charge in [0.05, 0.1) is 10.7 Å². The molecule has 1 aromatic heterocycles. The summed E-state index contributed by atoms with van der Waals surface area (Å²) in [4.78, 5) is 12.0. The molecule has 1 amide bonds. The molecular weight excluding hydrogens is 294 g/mol. The van der Waals surface area contributed by atoms with Crippen LogP contribution in [-0.2, 0) is 4.79 Å². The Balaban J connectivity index is 2.05. The Morgan fingerprint density at radius 1 is 1.39 bits per heavy atom. The second-order valence-corrected chi connectivity index (χ2v) is 5.09. The third-order valence-electron chi connectivity index (χ3n) is 2.67. The molecule has 0 saturated heterocycles. The van der Waals surface area contributed by atoms with Crippen molar-refractivity contribution in [3.05, 3.63) is 46.7 Å². The summed E-state index contributed by atoms with van der Waals surface area (Å²) in [5, 5.41) is 6.96. The summed E-state index contributed by atoms with van der Waals surface area (Å²) in [6, 6.07) is 7.35. The van der Waals surface area contributed by atoms with Crippen LogP contribution in [0.15, 0.2) is 41.1 Å². The predicted molar refractivity (Wildman–Crippen MR) is 74.4 cm³/mol. The summed E-state index contributed by atoms with van der Waals surface area (Å²) in [5.74, 6) is -0.0885. The molecule has 2 aromatic rings. The number of carbonyl (C=O) groups excluding carboxylic acids is 1. The lowest BCUT2D eigenvalue weighted by molar-refractivity contribution is -0.119. The Labute approximate surface area is 114 Å². The number of aromatic nitrogens is 2. The van der Waals surface area contributed by atoms with Crippen LogP contribution in [0.5, 0.6) is 0 Å². The molecule has 0 saturated carbocycles. The lowest BCUT2D eigenvalue weighted by Gasteiger charge is -2.12. The Morgan fingerprint density at radius 2 is 2.06 bits per heavy atom. The van der Waals surface area contributed by atoms with Gasteiger partial charge in [-0.25, -0.2) is 0 Å². The molecule has 1 unspecified atom stereocenters. The monoisotopic (exact) mass is 307 g/mol. The molecule has 0 fully saturated rings. The molecule has 0 bridgehead atoms. The number of benzene rings is 1. The van der Waals surface area contributed by atoms with Gasteiger partial charge in [0.1, 0.15) is 6.04 Å². The Hall–Kier alpha value is -1.62. The molecule has 0 radical (unpaired) electrons. The second-order valence-electron chi connectivity index (χ2n) is 4.17. The number of anilines is 1. The highest BCUT2D eigenvalue weighted by Crippen LogP contribution is 2.14. The SMILES string of the molecule is Cc1ccc(NC(=O)C(C)n2cc(Br)cn2)cc1. The van der Waals surface area contributed by atoms with Crippen molar-refractivity contribution in [1.29, 1.82) is 0 Å². The van der Waals surface area contributed by atoms with Gasteiger partial charge in [-0.2, -0.15) is 5.10 Å². The molecule has 1 heterocycles. The molecule has 0 aliphatic rings. The molecule has 0 spiro atoms. The van der Waals surface area contributed by atoms with Crippen molar-refractivity contribution < 1.29 is 4.79 Å². The van der Waals surface area contributed by atoms with E-state index < -0.39 is 0 Å². The summed E-state index contributed by atoms with van der Waals surface area (Å²) in [6.07, 6.45) is 3.44. The molecule has 0 aliphatic heterocycles. The highest BCUT2D eigenvalue weighted by atomic mass is 79.9. The first-order chi connectivity index (χ1) is 8.56. The number of nitrogens with one attached hydrogen (secondary N) is 1. The van der Waals surface area contributed by atoms with Crippen molar-refractivity contribution in [2.24, 2.45) is 0 Å². The molecular formula is C13H14BrN3O. The highest BCUT2D eigenvalue weighted by molar-refractivity contribution is 9.10. The van der Waals surface area contributed by atoms with Crippen LogP contribution >= 0.6 is 15.9 Å². The summed E-state index contributed by atoms with van der Waals surface area (Å²) in [5.41, 5.74) is 1.96. The van der Waals surface area contributed by atoms with Crippen molar-refractivity contribution in [3.8, 4) is 0 Å². The lowest BCUT2D eigenvalue weighted by atomic mass is 10.2. The van der Waals surface area contributed by atoms with E-state index >= 15 is 0 Å². The summed E-state index contributed by atoms with van der Waals surface area (Å²) in [7, 11) is 0. The maximum atomic E-state index is 12.0. The van der Waals surface area contributed by atoms with E-state index in [0.29, 0.717) is 0 Å². The van der Waals surface area contributed by atoms with Gasteiger partial charge in [0.15, 0.2) is 0 Å². The minimum Gasteiger partial charge on any atom is -0.324 e. The van der Waals surface area contributed by atoms with E-state index in [1.54, 1.807) is 17.1 Å². The fourth-order valence-corrected chi connectivity index (χ4v) is 1.83. The van der Waals surface area contributed by atoms with Gasteiger partial charge in [0, 0.05) is 11.9 Å². The van der Waals surface area contributed by atoms with Crippen LogP contribution in [0, 0.1) is 6.92 Å². The quantitative estimate of drug-likeness (QED) is 0.947. The first kappa shape index (κ1) is 12.8. The number of hydrogen-bond donors (Lipinski definition) is 1. The van der Waals surface area contributed by atoms with Gasteiger partial charge in [-0.15, -0.1) is 0 Å². The molecule has 1 N–H and O–H groups in total. The number of hydrogen-bond acceptors (Lipinski definition) is 2. The van der Waals surface area contributed by atoms with Crippen molar-refractivity contribution in [2.45, 2.75) is 19.9 Å². The predicted octanol–water partition coefficient (Wildman–Crippen LogP) is 3.15. The van der Waals surface area contributed by atoms with Crippen molar-refractivity contribution in [2.75, 3.05) is 5.32 Å². The van der Waals surface area contributed by atoms with Gasteiger partial charge in [0.25, 0.3) is 0 Å². The van der Waals surface area contributed by atoms with E-state index in [-0.39, 0.29) is 11.9 Å². The molecule has 94 valence electrons. The highest BCUT2D eigenvalue weighted by Gasteiger charge is 2.15. The Bertz CT molecular complexity index is 548. The van der Waals surface area contributed by atoms with Gasteiger partial charge < -0.3 is 5.32 Å². The van der Waals surface area contributed by atoms with Crippen LogP contribution in [0.1, 0.15) is 18.5 Å². The van der Waals surface area contributed by atoms with Gasteiger partial charge in [-0.3, -0.25) is 9.48 Å². The molecule has 1 aromatic carbocycles. The van der Waals surface area contributed by atoms with Crippen LogP contribution in [-0.4, -0.2) is 15.7 Å². The van der Waals surface area contributed by atoms with Crippen LogP contribution < -0.4 is 5.32 Å². The smallest absolute Gasteiger partial charge is 0.248 e. The molecule has 4 nitrogen and oxygen atoms in total. The summed E-state index contributed by atoms with van der Waals surface area (Å²) < 4.78 is 2.48. The van der Waals surface area contributed by atoms with Gasteiger partial charge in [-0.05, 0) is 41.9 Å². The van der Waals surface area contributed by atoms with Crippen molar-refractivity contribution in [1.82, 2.24) is 9.78 Å². The fourth-order valence-electron chi connectivity index (χ4n) is 1.53. The van der Waals surface area contributed by atoms with Gasteiger partial charge in [0.2, 0.25) is 5.91 Å². The van der Waals surface area contributed by atoms with E-state index in [1.807, 2.05) is 38.1 Å². The van der Waals surface area contributed by atoms with E-state index in [0.717, 1.165) is 15.7 Å². The molecule has 5 heteroatoms. The maximum Gasteiger partial charge on any atom is 0.248 e. The van der Waals surface area contributed by atoms with Crippen molar-refractivity contribution >= 4 is 27.5 Å². The van der Waals surface area contributed by atoms with Crippen molar-refractivity contribution in [3.63, 3.8) is 0 Å². The average Bonchev–Trinajstić information content (AvgIpc) is 2.78. The minimum atomic E-state index is -0.349. The largest absolute Gasteiger partial charge is 0.324 e. The summed E-state index contributed by atoms with van der Waals surface area (Å²) in [6.45, 7) is 3.82. The zero-order chi connectivity index (χ0) is 13.1. The fraction of sp³-hybridized carbons (Fsp3) is 0.231. The molecule has 18 heavy (non-hydrogen) atoms. The number of amides is 1. The lowest BCUT2D eigenvalue weighted by Crippen LogP contribution is -2.23. The van der Waals surface area contributed by atoms with Gasteiger partial charge >= 0.3 is 0 Å².